The number of esters is 1. The molecule has 12 heteroatoms. The zero-order valence-electron chi connectivity index (χ0n) is 17.7. The van der Waals surface area contributed by atoms with Crippen molar-refractivity contribution >= 4 is 28.1 Å². The van der Waals surface area contributed by atoms with Crippen molar-refractivity contribution in [3.05, 3.63) is 5.41 Å². The molecule has 29 heavy (non-hydrogen) atoms. The second-order valence-electron chi connectivity index (χ2n) is 6.02. The minimum Gasteiger partial charge on any atom is -0.724 e. The first-order valence-corrected chi connectivity index (χ1v) is 10.5. The van der Waals surface area contributed by atoms with E-state index in [4.69, 9.17) is 19.5 Å². The fourth-order valence-electron chi connectivity index (χ4n) is 2.32. The molecule has 0 radical (unpaired) electrons. The van der Waals surface area contributed by atoms with Gasteiger partial charge in [0, 0.05) is 12.4 Å². The predicted molar refractivity (Wildman–Crippen MR) is 109 cm³/mol. The summed E-state index contributed by atoms with van der Waals surface area (Å²) >= 11 is 0. The lowest BCUT2D eigenvalue weighted by Gasteiger charge is -2.13. The van der Waals surface area contributed by atoms with Crippen molar-refractivity contribution in [2.45, 2.75) is 82.8 Å². The molecule has 0 saturated heterocycles. The zero-order valence-corrected chi connectivity index (χ0v) is 18.5. The van der Waals surface area contributed by atoms with Crippen molar-refractivity contribution in [2.75, 3.05) is 6.61 Å². The molecule has 0 rings (SSSR count). The SMILES string of the molecule is CCCCCCCCCCCCOC(=O)C(CC(=O)[O-])S(=O)(=O)O.[N-]=C=O.[NH4+].[NH4+]. The number of carbonyl (C=O) groups is 2. The highest BCUT2D eigenvalue weighted by Gasteiger charge is 2.32. The van der Waals surface area contributed by atoms with Crippen LogP contribution in [0.15, 0.2) is 0 Å². The molecule has 1 atom stereocenters. The number of quaternary nitrogens is 2. The average molecular weight is 444 g/mol. The maximum Gasteiger partial charge on any atom is 0.327 e. The van der Waals surface area contributed by atoms with E-state index in [1.807, 2.05) is 0 Å². The summed E-state index contributed by atoms with van der Waals surface area (Å²) in [6.45, 7) is 2.19. The summed E-state index contributed by atoms with van der Waals surface area (Å²) in [5.41, 5.74) is 0. The number of isocyanates is 1. The van der Waals surface area contributed by atoms with Crippen molar-refractivity contribution in [1.82, 2.24) is 12.3 Å². The van der Waals surface area contributed by atoms with Crippen LogP contribution in [0.3, 0.4) is 0 Å². The van der Waals surface area contributed by atoms with E-state index in [1.54, 1.807) is 0 Å². The summed E-state index contributed by atoms with van der Waals surface area (Å²) in [4.78, 5) is 30.2. The summed E-state index contributed by atoms with van der Waals surface area (Å²) in [5, 5.41) is 15.1. The normalized spacial score (nSPS) is 10.8. The lowest BCUT2D eigenvalue weighted by Crippen LogP contribution is -2.38. The molecule has 0 saturated carbocycles. The van der Waals surface area contributed by atoms with E-state index in [9.17, 15) is 23.1 Å². The second kappa shape index (κ2) is 22.4. The van der Waals surface area contributed by atoms with E-state index >= 15 is 0 Å². The summed E-state index contributed by atoms with van der Waals surface area (Å²) in [7, 11) is -4.82. The van der Waals surface area contributed by atoms with Gasteiger partial charge in [0.15, 0.2) is 5.25 Å². The first-order valence-electron chi connectivity index (χ1n) is 9.04. The number of unbranched alkanes of at least 4 members (excludes halogenated alkanes) is 9. The minimum absolute atomic E-state index is 0. The van der Waals surface area contributed by atoms with E-state index in [0.29, 0.717) is 12.5 Å². The fourth-order valence-corrected chi connectivity index (χ4v) is 2.97. The molecule has 0 aromatic heterocycles. The summed E-state index contributed by atoms with van der Waals surface area (Å²) < 4.78 is 35.5. The van der Waals surface area contributed by atoms with E-state index < -0.39 is 33.7 Å². The molecule has 0 fully saturated rings. The number of nitrogens with zero attached hydrogens (tertiary/aromatic N) is 1. The Kier molecular flexibility index (Phi) is 26.8. The van der Waals surface area contributed by atoms with Gasteiger partial charge in [-0.25, -0.2) is 0 Å². The molecule has 0 aromatic rings. The van der Waals surface area contributed by atoms with E-state index in [0.717, 1.165) is 19.3 Å². The number of hydrogen-bond acceptors (Lipinski definition) is 7. The van der Waals surface area contributed by atoms with Crippen LogP contribution >= 0.6 is 0 Å². The van der Waals surface area contributed by atoms with Gasteiger partial charge in [0.05, 0.1) is 6.61 Å². The van der Waals surface area contributed by atoms with Crippen LogP contribution in [-0.4, -0.2) is 42.8 Å². The Labute approximate surface area is 173 Å². The fraction of sp³-hybridized carbons (Fsp3) is 0.824. The maximum absolute atomic E-state index is 11.5. The van der Waals surface area contributed by atoms with Crippen molar-refractivity contribution in [1.29, 1.82) is 0 Å². The molecule has 11 nitrogen and oxygen atoms in total. The molecular formula is C17H37N3O8S. The lowest BCUT2D eigenvalue weighted by molar-refractivity contribution is -0.305. The minimum atomic E-state index is -4.82. The van der Waals surface area contributed by atoms with E-state index in [1.165, 1.54) is 38.5 Å². The highest BCUT2D eigenvalue weighted by atomic mass is 32.2. The Morgan fingerprint density at radius 3 is 1.72 bits per heavy atom. The molecule has 0 heterocycles. The van der Waals surface area contributed by atoms with Crippen LogP contribution in [0.25, 0.3) is 5.41 Å². The Morgan fingerprint density at radius 2 is 1.38 bits per heavy atom. The standard InChI is InChI=1S/C16H30O7S.CNO.2H3N/c1-2-3-4-5-6-7-8-9-10-11-12-23-16(19)14(13-15(17)18)24(20,21)22;2-1-3;;/h14H,2-13H2,1H3,(H,17,18)(H,20,21,22);;2*1H3/q;-1;;/p+1. The monoisotopic (exact) mass is 443 g/mol. The third-order valence-corrected chi connectivity index (χ3v) is 4.79. The molecular weight excluding hydrogens is 406 g/mol. The Morgan fingerprint density at radius 1 is 1.00 bits per heavy atom. The number of carboxylic acids is 1. The Bertz CT molecular complexity index is 549. The van der Waals surface area contributed by atoms with E-state index in [-0.39, 0.29) is 18.9 Å². The number of hydrogen-bond donors (Lipinski definition) is 3. The highest BCUT2D eigenvalue weighted by Crippen LogP contribution is 2.11. The number of carbonyl (C=O) groups excluding carboxylic acids is 3. The van der Waals surface area contributed by atoms with Gasteiger partial charge in [-0.2, -0.15) is 8.42 Å². The third-order valence-electron chi connectivity index (χ3n) is 3.72. The van der Waals surface area contributed by atoms with Crippen molar-refractivity contribution in [3.8, 4) is 0 Å². The number of aliphatic carboxylic acids is 1. The number of rotatable bonds is 15. The summed E-state index contributed by atoms with van der Waals surface area (Å²) in [6.07, 6.45) is 10.4. The maximum atomic E-state index is 11.5. The Balaban J connectivity index is -0.000000585. The van der Waals surface area contributed by atoms with Gasteiger partial charge in [-0.05, 0) is 12.5 Å². The molecule has 0 aliphatic rings. The molecule has 0 spiro atoms. The van der Waals surface area contributed by atoms with Gasteiger partial charge in [-0.15, -0.1) is 0 Å². The van der Waals surface area contributed by atoms with Gasteiger partial charge in [-0.3, -0.25) is 14.1 Å². The molecule has 1 unspecified atom stereocenters. The molecule has 0 amide bonds. The smallest absolute Gasteiger partial charge is 0.327 e. The van der Waals surface area contributed by atoms with E-state index in [2.05, 4.69) is 6.92 Å². The van der Waals surface area contributed by atoms with Crippen LogP contribution in [-0.2, 0) is 29.2 Å². The summed E-state index contributed by atoms with van der Waals surface area (Å²) in [5.74, 6) is -2.99. The molecule has 0 bridgehead atoms. The van der Waals surface area contributed by atoms with Gasteiger partial charge in [0.25, 0.3) is 10.1 Å². The van der Waals surface area contributed by atoms with Gasteiger partial charge in [-0.1, -0.05) is 64.7 Å². The zero-order chi connectivity index (χ0) is 21.1. The molecule has 0 aromatic carbocycles. The van der Waals surface area contributed by atoms with Gasteiger partial charge in [0.2, 0.25) is 0 Å². The predicted octanol–water partition coefficient (Wildman–Crippen LogP) is 2.49. The lowest BCUT2D eigenvalue weighted by atomic mass is 10.1. The van der Waals surface area contributed by atoms with Crippen LogP contribution < -0.4 is 17.4 Å². The largest absolute Gasteiger partial charge is 0.724 e. The van der Waals surface area contributed by atoms with Crippen LogP contribution in [0, 0.1) is 0 Å². The molecule has 9 N–H and O–H groups in total. The first kappa shape index (κ1) is 34.6. The average Bonchev–Trinajstić information content (AvgIpc) is 2.57. The Hall–Kier alpha value is -1.85. The quantitative estimate of drug-likeness (QED) is 0.111. The first-order chi connectivity index (χ1) is 12.7. The number of carboxylic acid groups (broad SMARTS) is 1. The van der Waals surface area contributed by atoms with Crippen LogP contribution in [0.4, 0.5) is 0 Å². The second-order valence-corrected chi connectivity index (χ2v) is 7.62. The van der Waals surface area contributed by atoms with Gasteiger partial charge in [0.1, 0.15) is 0 Å². The third kappa shape index (κ3) is 24.1. The van der Waals surface area contributed by atoms with Crippen LogP contribution in [0.2, 0.25) is 0 Å². The van der Waals surface area contributed by atoms with Crippen molar-refractivity contribution in [2.24, 2.45) is 0 Å². The molecule has 0 aliphatic carbocycles. The topological polar surface area (TPSA) is 233 Å². The van der Waals surface area contributed by atoms with Crippen molar-refractivity contribution < 1.29 is 37.2 Å². The molecule has 174 valence electrons. The summed E-state index contributed by atoms with van der Waals surface area (Å²) in [6, 6.07) is 0. The van der Waals surface area contributed by atoms with Gasteiger partial charge < -0.3 is 32.3 Å². The van der Waals surface area contributed by atoms with Crippen molar-refractivity contribution in [3.63, 3.8) is 0 Å². The highest BCUT2D eigenvalue weighted by molar-refractivity contribution is 7.87. The van der Waals surface area contributed by atoms with Crippen LogP contribution in [0.5, 0.6) is 0 Å². The number of ether oxygens (including phenoxy) is 1. The van der Waals surface area contributed by atoms with Gasteiger partial charge >= 0.3 is 5.97 Å². The molecule has 0 aliphatic heterocycles. The van der Waals surface area contributed by atoms with Crippen LogP contribution in [0.1, 0.15) is 77.6 Å².